The van der Waals surface area contributed by atoms with Crippen LogP contribution < -0.4 is 20.5 Å². The first-order chi connectivity index (χ1) is 16.8. The molecule has 3 aromatic heterocycles. The molecule has 0 amide bonds. The summed E-state index contributed by atoms with van der Waals surface area (Å²) in [4.78, 5) is 14.7. The predicted molar refractivity (Wildman–Crippen MR) is 135 cm³/mol. The van der Waals surface area contributed by atoms with Crippen LogP contribution >= 0.6 is 23.1 Å². The number of nitrogens with zero attached hydrogens (tertiary/aromatic N) is 4. The molecule has 5 heterocycles. The Hall–Kier alpha value is -2.82. The van der Waals surface area contributed by atoms with Crippen molar-refractivity contribution in [3.63, 3.8) is 0 Å². The molecular weight excluding hydrogens is 468 g/mol. The van der Waals surface area contributed by atoms with Crippen molar-refractivity contribution in [1.82, 2.24) is 24.8 Å². The highest BCUT2D eigenvalue weighted by Crippen LogP contribution is 2.44. The number of imidazole rings is 1. The lowest BCUT2D eigenvalue weighted by atomic mass is 9.95. The van der Waals surface area contributed by atoms with E-state index in [1.165, 1.54) is 19.2 Å². The first kappa shape index (κ1) is 21.7. The second-order valence-electron chi connectivity index (χ2n) is 8.57. The molecule has 1 aromatic carbocycles. The van der Waals surface area contributed by atoms with E-state index in [1.54, 1.807) is 23.1 Å². The Bertz CT molecular complexity index is 1300. The van der Waals surface area contributed by atoms with Crippen LogP contribution in [0.2, 0.25) is 0 Å². The summed E-state index contributed by atoms with van der Waals surface area (Å²) < 4.78 is 14.0. The van der Waals surface area contributed by atoms with Gasteiger partial charge in [-0.2, -0.15) is 11.3 Å². The quantitative estimate of drug-likeness (QED) is 0.406. The van der Waals surface area contributed by atoms with Gasteiger partial charge < -0.3 is 25.1 Å². The smallest absolute Gasteiger partial charge is 0.175 e. The number of benzene rings is 1. The number of anilines is 1. The van der Waals surface area contributed by atoms with Gasteiger partial charge in [-0.3, -0.25) is 0 Å². The van der Waals surface area contributed by atoms with Gasteiger partial charge in [-0.15, -0.1) is 0 Å². The number of hydrogen-bond donors (Lipinski definition) is 2. The molecule has 6 rings (SSSR count). The molecule has 0 radical (unpaired) electrons. The molecule has 4 aromatic rings. The maximum absolute atomic E-state index is 6.19. The van der Waals surface area contributed by atoms with Crippen LogP contribution in [-0.2, 0) is 6.54 Å². The van der Waals surface area contributed by atoms with Crippen molar-refractivity contribution in [2.75, 3.05) is 32.0 Å². The summed E-state index contributed by atoms with van der Waals surface area (Å²) in [7, 11) is 0. The summed E-state index contributed by atoms with van der Waals surface area (Å²) in [5.74, 6) is 2.66. The predicted octanol–water partition coefficient (Wildman–Crippen LogP) is 4.45. The van der Waals surface area contributed by atoms with Crippen molar-refractivity contribution in [1.29, 1.82) is 0 Å². The molecule has 176 valence electrons. The molecule has 0 bridgehead atoms. The van der Waals surface area contributed by atoms with Gasteiger partial charge >= 0.3 is 0 Å². The number of nitrogens with two attached hydrogens (primary N) is 1. The van der Waals surface area contributed by atoms with Crippen LogP contribution in [0.3, 0.4) is 0 Å². The molecule has 0 aliphatic carbocycles. The molecule has 10 heteroatoms. The van der Waals surface area contributed by atoms with Gasteiger partial charge in [-0.25, -0.2) is 15.0 Å². The van der Waals surface area contributed by atoms with Crippen LogP contribution in [0.5, 0.6) is 11.5 Å². The number of aryl methyl sites for hydroxylation is 1. The van der Waals surface area contributed by atoms with Gasteiger partial charge in [0.2, 0.25) is 0 Å². The second-order valence-corrected chi connectivity index (χ2v) is 10.4. The summed E-state index contributed by atoms with van der Waals surface area (Å²) in [6.45, 7) is 4.14. The Kier molecular flexibility index (Phi) is 6.02. The maximum Gasteiger partial charge on any atom is 0.175 e. The lowest BCUT2D eigenvalue weighted by Crippen LogP contribution is -2.28. The minimum absolute atomic E-state index is 0.410. The monoisotopic (exact) mass is 494 g/mol. The van der Waals surface area contributed by atoms with Crippen LogP contribution in [-0.4, -0.2) is 45.8 Å². The van der Waals surface area contributed by atoms with E-state index in [-0.39, 0.29) is 0 Å². The average molecular weight is 495 g/mol. The Labute approximate surface area is 205 Å². The standard InChI is InChI=1S/C24H26N6O2S2/c25-22-21-23(28-14-27-22)30(7-3-15-1-5-26-6-2-15)24(29-21)34-20-12-19-18(31-8-9-32-19)11-17(20)16-4-10-33-13-16/h4,10-15,26H,1-3,5-9H2,(H2,25,27,28). The fourth-order valence-corrected chi connectivity index (χ4v) is 6.32. The SMILES string of the molecule is Nc1ncnc2c1nc(Sc1cc3c(cc1-c1ccsc1)OCCO3)n2CCC1CCNCC1. The molecule has 0 spiro atoms. The van der Waals surface area contributed by atoms with E-state index in [2.05, 4.69) is 48.8 Å². The zero-order valence-corrected chi connectivity index (χ0v) is 20.3. The third-order valence-corrected chi connectivity index (χ3v) is 8.16. The van der Waals surface area contributed by atoms with Crippen LogP contribution in [0.25, 0.3) is 22.3 Å². The molecule has 1 saturated heterocycles. The fraction of sp³-hybridized carbons (Fsp3) is 0.375. The number of hydrogen-bond acceptors (Lipinski definition) is 9. The van der Waals surface area contributed by atoms with Crippen molar-refractivity contribution in [2.24, 2.45) is 5.92 Å². The lowest BCUT2D eigenvalue weighted by molar-refractivity contribution is 0.171. The zero-order valence-electron chi connectivity index (χ0n) is 18.7. The third-order valence-electron chi connectivity index (χ3n) is 6.42. The first-order valence-electron chi connectivity index (χ1n) is 11.6. The highest BCUT2D eigenvalue weighted by Gasteiger charge is 2.22. The van der Waals surface area contributed by atoms with Crippen molar-refractivity contribution >= 4 is 40.1 Å². The third kappa shape index (κ3) is 4.21. The van der Waals surface area contributed by atoms with Crippen LogP contribution in [0, 0.1) is 5.92 Å². The lowest BCUT2D eigenvalue weighted by Gasteiger charge is -2.23. The molecule has 0 unspecified atom stereocenters. The number of ether oxygens (including phenoxy) is 2. The fourth-order valence-electron chi connectivity index (χ4n) is 4.59. The first-order valence-corrected chi connectivity index (χ1v) is 13.3. The number of nitrogens with one attached hydrogen (secondary N) is 1. The Balaban J connectivity index is 1.40. The van der Waals surface area contributed by atoms with Crippen molar-refractivity contribution < 1.29 is 9.47 Å². The van der Waals surface area contributed by atoms with E-state index in [4.69, 9.17) is 20.2 Å². The topological polar surface area (TPSA) is 100 Å². The summed E-state index contributed by atoms with van der Waals surface area (Å²) in [6, 6.07) is 6.27. The maximum atomic E-state index is 6.19. The summed E-state index contributed by atoms with van der Waals surface area (Å²) in [6.07, 6.45) is 5.02. The average Bonchev–Trinajstić information content (AvgIpc) is 3.52. The number of fused-ring (bicyclic) bond motifs is 2. The molecular formula is C24H26N6O2S2. The van der Waals surface area contributed by atoms with Gasteiger partial charge in [0.1, 0.15) is 19.5 Å². The molecule has 2 aliphatic heterocycles. The van der Waals surface area contributed by atoms with E-state index < -0.39 is 0 Å². The Morgan fingerprint density at radius 2 is 1.97 bits per heavy atom. The van der Waals surface area contributed by atoms with Crippen LogP contribution in [0.15, 0.2) is 45.3 Å². The molecule has 3 N–H and O–H groups in total. The normalized spacial score (nSPS) is 16.2. The van der Waals surface area contributed by atoms with E-state index in [0.29, 0.717) is 30.5 Å². The van der Waals surface area contributed by atoms with Gasteiger partial charge in [0.25, 0.3) is 0 Å². The molecule has 0 saturated carbocycles. The van der Waals surface area contributed by atoms with Gasteiger partial charge in [-0.1, -0.05) is 11.8 Å². The van der Waals surface area contributed by atoms with Crippen LogP contribution in [0.4, 0.5) is 5.82 Å². The minimum atomic E-state index is 0.410. The van der Waals surface area contributed by atoms with Gasteiger partial charge in [0, 0.05) is 17.0 Å². The van der Waals surface area contributed by atoms with Crippen LogP contribution in [0.1, 0.15) is 19.3 Å². The summed E-state index contributed by atoms with van der Waals surface area (Å²) >= 11 is 3.30. The highest BCUT2D eigenvalue weighted by atomic mass is 32.2. The largest absolute Gasteiger partial charge is 0.486 e. The molecule has 0 atom stereocenters. The van der Waals surface area contributed by atoms with Gasteiger partial charge in [-0.05, 0) is 72.8 Å². The van der Waals surface area contributed by atoms with E-state index in [0.717, 1.165) is 64.4 Å². The summed E-state index contributed by atoms with van der Waals surface area (Å²) in [5.41, 5.74) is 9.89. The van der Waals surface area contributed by atoms with Crippen molar-refractivity contribution in [3.8, 4) is 22.6 Å². The summed E-state index contributed by atoms with van der Waals surface area (Å²) in [5, 5.41) is 8.56. The van der Waals surface area contributed by atoms with Gasteiger partial charge in [0.05, 0.1) is 0 Å². The zero-order chi connectivity index (χ0) is 22.9. The van der Waals surface area contributed by atoms with E-state index in [9.17, 15) is 0 Å². The Morgan fingerprint density at radius 1 is 1.15 bits per heavy atom. The number of aromatic nitrogens is 4. The van der Waals surface area contributed by atoms with Crippen molar-refractivity contribution in [2.45, 2.75) is 35.9 Å². The molecule has 34 heavy (non-hydrogen) atoms. The van der Waals surface area contributed by atoms with E-state index in [1.807, 2.05) is 0 Å². The Morgan fingerprint density at radius 3 is 2.76 bits per heavy atom. The molecule has 1 fully saturated rings. The number of thiophene rings is 1. The number of rotatable bonds is 6. The second kappa shape index (κ2) is 9.44. The van der Waals surface area contributed by atoms with Gasteiger partial charge in [0.15, 0.2) is 33.6 Å². The molecule has 8 nitrogen and oxygen atoms in total. The highest BCUT2D eigenvalue weighted by molar-refractivity contribution is 7.99. The van der Waals surface area contributed by atoms with Crippen molar-refractivity contribution in [3.05, 3.63) is 35.3 Å². The number of piperidine rings is 1. The minimum Gasteiger partial charge on any atom is -0.486 e. The molecule has 2 aliphatic rings. The number of nitrogen functional groups attached to an aromatic ring is 1. The van der Waals surface area contributed by atoms with E-state index >= 15 is 0 Å².